The van der Waals surface area contributed by atoms with Crippen LogP contribution in [0.15, 0.2) is 53.5 Å². The number of halogens is 2. The first-order valence-electron chi connectivity index (χ1n) is 7.33. The molecule has 0 aromatic heterocycles. The number of nitrogens with zero attached hydrogens (tertiary/aromatic N) is 1. The molecule has 0 saturated carbocycles. The molecular weight excluding hydrogens is 455 g/mol. The minimum atomic E-state index is -0.179. The Balaban J connectivity index is 0.00000312. The van der Waals surface area contributed by atoms with Gasteiger partial charge in [-0.2, -0.15) is 0 Å². The van der Waals surface area contributed by atoms with Crippen LogP contribution in [-0.4, -0.2) is 32.1 Å². The first kappa shape index (κ1) is 21.0. The highest BCUT2D eigenvalue weighted by Gasteiger charge is 2.04. The van der Waals surface area contributed by atoms with Crippen LogP contribution in [-0.2, 0) is 0 Å². The van der Waals surface area contributed by atoms with Gasteiger partial charge in [0, 0.05) is 28.9 Å². The fourth-order valence-electron chi connectivity index (χ4n) is 1.94. The van der Waals surface area contributed by atoms with E-state index in [1.165, 1.54) is 0 Å². The van der Waals surface area contributed by atoms with Gasteiger partial charge in [0.15, 0.2) is 5.96 Å². The molecule has 25 heavy (non-hydrogen) atoms. The van der Waals surface area contributed by atoms with E-state index in [0.717, 1.165) is 11.4 Å². The molecule has 1 amide bonds. The molecule has 0 fully saturated rings. The summed E-state index contributed by atoms with van der Waals surface area (Å²) in [4.78, 5) is 16.1. The number of methoxy groups -OCH3 is 1. The molecule has 4 N–H and O–H groups in total. The molecule has 0 atom stereocenters. The van der Waals surface area contributed by atoms with Crippen molar-refractivity contribution in [1.82, 2.24) is 5.32 Å². The Morgan fingerprint density at radius 3 is 2.64 bits per heavy atom. The molecule has 8 heteroatoms. The molecule has 2 aromatic rings. The standard InChI is InChI=1S/C17H19ClN4O2.HI/c1-24-15-4-2-3-14(11-15)22-17(19)21-10-9-20-16(23)12-5-7-13(18)8-6-12;/h2-8,11H,9-10H2,1H3,(H,20,23)(H3,19,21,22);1H. The summed E-state index contributed by atoms with van der Waals surface area (Å²) >= 11 is 5.79. The van der Waals surface area contributed by atoms with Crippen LogP contribution in [0, 0.1) is 0 Å². The van der Waals surface area contributed by atoms with Crippen molar-refractivity contribution in [2.75, 3.05) is 25.5 Å². The van der Waals surface area contributed by atoms with Gasteiger partial charge in [-0.15, -0.1) is 24.0 Å². The lowest BCUT2D eigenvalue weighted by Crippen LogP contribution is -2.28. The third kappa shape index (κ3) is 7.18. The summed E-state index contributed by atoms with van der Waals surface area (Å²) in [7, 11) is 1.60. The fraction of sp³-hybridized carbons (Fsp3) is 0.176. The smallest absolute Gasteiger partial charge is 0.251 e. The van der Waals surface area contributed by atoms with E-state index in [1.807, 2.05) is 24.3 Å². The van der Waals surface area contributed by atoms with Gasteiger partial charge in [-0.05, 0) is 36.4 Å². The summed E-state index contributed by atoms with van der Waals surface area (Å²) in [5.74, 6) is 0.813. The molecule has 0 aliphatic carbocycles. The lowest BCUT2D eigenvalue weighted by Gasteiger charge is -2.08. The highest BCUT2D eigenvalue weighted by molar-refractivity contribution is 14.0. The maximum absolute atomic E-state index is 11.9. The van der Waals surface area contributed by atoms with Crippen LogP contribution in [0.5, 0.6) is 5.75 Å². The monoisotopic (exact) mass is 474 g/mol. The number of aliphatic imine (C=N–C) groups is 1. The molecule has 6 nitrogen and oxygen atoms in total. The topological polar surface area (TPSA) is 88.7 Å². The number of benzene rings is 2. The second-order valence-corrected chi connectivity index (χ2v) is 5.32. The minimum Gasteiger partial charge on any atom is -0.497 e. The minimum absolute atomic E-state index is 0. The van der Waals surface area contributed by atoms with Gasteiger partial charge in [-0.1, -0.05) is 17.7 Å². The Morgan fingerprint density at radius 1 is 1.24 bits per heavy atom. The number of carbonyl (C=O) groups is 1. The van der Waals surface area contributed by atoms with Crippen LogP contribution in [0.25, 0.3) is 0 Å². The van der Waals surface area contributed by atoms with E-state index in [9.17, 15) is 4.79 Å². The molecule has 0 heterocycles. The van der Waals surface area contributed by atoms with Crippen molar-refractivity contribution >= 4 is 53.1 Å². The number of hydrogen-bond donors (Lipinski definition) is 3. The molecule has 0 spiro atoms. The van der Waals surface area contributed by atoms with Crippen molar-refractivity contribution < 1.29 is 9.53 Å². The Bertz CT molecular complexity index is 723. The average Bonchev–Trinajstić information content (AvgIpc) is 2.59. The zero-order valence-corrected chi connectivity index (χ0v) is 16.7. The van der Waals surface area contributed by atoms with Crippen molar-refractivity contribution in [1.29, 1.82) is 0 Å². The number of amides is 1. The largest absolute Gasteiger partial charge is 0.497 e. The van der Waals surface area contributed by atoms with Gasteiger partial charge in [0.05, 0.1) is 13.7 Å². The van der Waals surface area contributed by atoms with E-state index in [2.05, 4.69) is 15.6 Å². The Labute approximate surface area is 168 Å². The number of guanidine groups is 1. The van der Waals surface area contributed by atoms with Crippen molar-refractivity contribution in [3.05, 3.63) is 59.1 Å². The summed E-state index contributed by atoms with van der Waals surface area (Å²) in [5, 5.41) is 6.32. The van der Waals surface area contributed by atoms with Crippen molar-refractivity contribution in [3.8, 4) is 5.75 Å². The van der Waals surface area contributed by atoms with Crippen LogP contribution in [0.1, 0.15) is 10.4 Å². The number of nitrogens with one attached hydrogen (secondary N) is 2. The van der Waals surface area contributed by atoms with Crippen LogP contribution in [0.3, 0.4) is 0 Å². The van der Waals surface area contributed by atoms with Crippen molar-refractivity contribution in [2.24, 2.45) is 10.7 Å². The Morgan fingerprint density at radius 2 is 1.96 bits per heavy atom. The summed E-state index contributed by atoms with van der Waals surface area (Å²) in [6.45, 7) is 0.740. The van der Waals surface area contributed by atoms with E-state index in [-0.39, 0.29) is 35.8 Å². The van der Waals surface area contributed by atoms with Crippen LogP contribution in [0.4, 0.5) is 5.69 Å². The van der Waals surface area contributed by atoms with Crippen LogP contribution >= 0.6 is 35.6 Å². The molecule has 2 rings (SSSR count). The van der Waals surface area contributed by atoms with Crippen molar-refractivity contribution in [3.63, 3.8) is 0 Å². The van der Waals surface area contributed by atoms with E-state index in [4.69, 9.17) is 22.1 Å². The average molecular weight is 475 g/mol. The van der Waals surface area contributed by atoms with Gasteiger partial charge in [0.2, 0.25) is 0 Å². The quantitative estimate of drug-likeness (QED) is 0.260. The summed E-state index contributed by atoms with van der Waals surface area (Å²) in [6.07, 6.45) is 0. The highest BCUT2D eigenvalue weighted by Crippen LogP contribution is 2.16. The van der Waals surface area contributed by atoms with E-state index >= 15 is 0 Å². The molecular formula is C17H20ClIN4O2. The van der Waals surface area contributed by atoms with Crippen molar-refractivity contribution in [2.45, 2.75) is 0 Å². The van der Waals surface area contributed by atoms with Gasteiger partial charge < -0.3 is 21.1 Å². The molecule has 2 aromatic carbocycles. The zero-order valence-electron chi connectivity index (χ0n) is 13.7. The van der Waals surface area contributed by atoms with Gasteiger partial charge in [0.1, 0.15) is 5.75 Å². The maximum atomic E-state index is 11.9. The number of ether oxygens (including phenoxy) is 1. The van der Waals surface area contributed by atoms with Gasteiger partial charge >= 0.3 is 0 Å². The molecule has 0 bridgehead atoms. The van der Waals surface area contributed by atoms with E-state index in [0.29, 0.717) is 23.7 Å². The fourth-order valence-corrected chi connectivity index (χ4v) is 2.06. The number of anilines is 1. The van der Waals surface area contributed by atoms with Crippen LogP contribution in [0.2, 0.25) is 5.02 Å². The summed E-state index contributed by atoms with van der Waals surface area (Å²) < 4.78 is 5.13. The van der Waals surface area contributed by atoms with Crippen LogP contribution < -0.4 is 21.1 Å². The predicted octanol–water partition coefficient (Wildman–Crippen LogP) is 3.12. The number of hydrogen-bond acceptors (Lipinski definition) is 3. The van der Waals surface area contributed by atoms with Gasteiger partial charge in [-0.3, -0.25) is 9.79 Å². The highest BCUT2D eigenvalue weighted by atomic mass is 127. The SMILES string of the molecule is COc1cccc(NC(N)=NCCNC(=O)c2ccc(Cl)cc2)c1.I. The summed E-state index contributed by atoms with van der Waals surface area (Å²) in [5.41, 5.74) is 7.14. The second-order valence-electron chi connectivity index (χ2n) is 4.89. The molecule has 0 aliphatic heterocycles. The van der Waals surface area contributed by atoms with E-state index < -0.39 is 0 Å². The number of carbonyl (C=O) groups excluding carboxylic acids is 1. The van der Waals surface area contributed by atoms with E-state index in [1.54, 1.807) is 31.4 Å². The third-order valence-corrected chi connectivity index (χ3v) is 3.38. The lowest BCUT2D eigenvalue weighted by atomic mass is 10.2. The maximum Gasteiger partial charge on any atom is 0.251 e. The van der Waals surface area contributed by atoms with Gasteiger partial charge in [0.25, 0.3) is 5.91 Å². The molecule has 0 aliphatic rings. The summed E-state index contributed by atoms with van der Waals surface area (Å²) in [6, 6.07) is 14.0. The normalized spacial score (nSPS) is 10.6. The third-order valence-electron chi connectivity index (χ3n) is 3.13. The Hall–Kier alpha value is -2.00. The number of rotatable bonds is 6. The number of nitrogens with two attached hydrogens (primary N) is 1. The lowest BCUT2D eigenvalue weighted by molar-refractivity contribution is 0.0955. The molecule has 0 radical (unpaired) electrons. The van der Waals surface area contributed by atoms with Gasteiger partial charge in [-0.25, -0.2) is 0 Å². The first-order valence-corrected chi connectivity index (χ1v) is 7.71. The zero-order chi connectivity index (χ0) is 17.4. The molecule has 0 saturated heterocycles. The molecule has 0 unspecified atom stereocenters. The molecule has 134 valence electrons. The Kier molecular flexibility index (Phi) is 9.07. The predicted molar refractivity (Wildman–Crippen MR) is 112 cm³/mol. The first-order chi connectivity index (χ1) is 11.6. The second kappa shape index (κ2) is 10.8.